The Morgan fingerprint density at radius 2 is 2.04 bits per heavy atom. The number of carbonyl (C=O) groups is 2. The lowest BCUT2D eigenvalue weighted by atomic mass is 9.97. The monoisotopic (exact) mass is 356 g/mol. The molecule has 1 saturated heterocycles. The Morgan fingerprint density at radius 3 is 2.73 bits per heavy atom. The summed E-state index contributed by atoms with van der Waals surface area (Å²) in [6.07, 6.45) is 3.44. The van der Waals surface area contributed by atoms with Crippen molar-refractivity contribution in [1.29, 1.82) is 0 Å². The highest BCUT2D eigenvalue weighted by atomic mass is 16.3. The fraction of sp³-hybridized carbons (Fsp3) is 0.368. The predicted octanol–water partition coefficient (Wildman–Crippen LogP) is 2.27. The number of carbonyl (C=O) groups excluding carboxylic acids is 2. The lowest BCUT2D eigenvalue weighted by molar-refractivity contribution is -0.123. The van der Waals surface area contributed by atoms with Crippen LogP contribution in [0.1, 0.15) is 12.8 Å². The third-order valence-electron chi connectivity index (χ3n) is 4.57. The van der Waals surface area contributed by atoms with E-state index in [2.05, 4.69) is 15.5 Å². The standard InChI is InChI=1S/C19H24N4O3/c20-18(24)15-3-1-10-23(13-15)11-9-21-19(25)22-16-7-5-14(6-8-16)17-4-2-12-26-17/h2,4-8,12,15H,1,3,9-11,13H2,(H2,20,24)(H2,21,22,25)/t15-/m0/s1. The van der Waals surface area contributed by atoms with Gasteiger partial charge in [-0.2, -0.15) is 0 Å². The summed E-state index contributed by atoms with van der Waals surface area (Å²) >= 11 is 0. The molecule has 1 aliphatic heterocycles. The van der Waals surface area contributed by atoms with Gasteiger partial charge in [-0.05, 0) is 55.8 Å². The third kappa shape index (κ3) is 4.86. The molecule has 1 aromatic heterocycles. The van der Waals surface area contributed by atoms with Gasteiger partial charge in [0.25, 0.3) is 0 Å². The average molecular weight is 356 g/mol. The molecule has 0 bridgehead atoms. The molecule has 138 valence electrons. The molecule has 1 fully saturated rings. The van der Waals surface area contributed by atoms with Crippen molar-refractivity contribution in [2.24, 2.45) is 11.7 Å². The second-order valence-electron chi connectivity index (χ2n) is 6.48. The minimum absolute atomic E-state index is 0.0785. The molecule has 0 radical (unpaired) electrons. The van der Waals surface area contributed by atoms with E-state index in [1.165, 1.54) is 0 Å². The zero-order valence-electron chi connectivity index (χ0n) is 14.6. The normalized spacial score (nSPS) is 17.6. The fourth-order valence-electron chi connectivity index (χ4n) is 3.15. The van der Waals surface area contributed by atoms with Crippen LogP contribution in [0.5, 0.6) is 0 Å². The topological polar surface area (TPSA) is 101 Å². The van der Waals surface area contributed by atoms with Crippen molar-refractivity contribution in [1.82, 2.24) is 10.2 Å². The van der Waals surface area contributed by atoms with Crippen LogP contribution < -0.4 is 16.4 Å². The maximum absolute atomic E-state index is 12.0. The minimum atomic E-state index is -0.251. The molecule has 1 aliphatic rings. The highest BCUT2D eigenvalue weighted by molar-refractivity contribution is 5.89. The van der Waals surface area contributed by atoms with E-state index < -0.39 is 0 Å². The van der Waals surface area contributed by atoms with Crippen molar-refractivity contribution in [3.63, 3.8) is 0 Å². The molecule has 3 rings (SSSR count). The van der Waals surface area contributed by atoms with Crippen molar-refractivity contribution >= 4 is 17.6 Å². The maximum atomic E-state index is 12.0. The van der Waals surface area contributed by atoms with Gasteiger partial charge in [0.05, 0.1) is 12.2 Å². The number of rotatable bonds is 6. The smallest absolute Gasteiger partial charge is 0.319 e. The Labute approximate surface area is 152 Å². The number of primary amides is 1. The van der Waals surface area contributed by atoms with E-state index in [1.807, 2.05) is 36.4 Å². The number of hydrogen-bond donors (Lipinski definition) is 3. The van der Waals surface area contributed by atoms with Gasteiger partial charge in [0, 0.05) is 30.9 Å². The molecule has 2 aromatic rings. The van der Waals surface area contributed by atoms with Crippen molar-refractivity contribution in [2.75, 3.05) is 31.5 Å². The highest BCUT2D eigenvalue weighted by Crippen LogP contribution is 2.21. The Balaban J connectivity index is 1.41. The van der Waals surface area contributed by atoms with E-state index >= 15 is 0 Å². The van der Waals surface area contributed by atoms with Crippen LogP contribution in [-0.2, 0) is 4.79 Å². The molecule has 7 heteroatoms. The van der Waals surface area contributed by atoms with Gasteiger partial charge < -0.3 is 25.7 Å². The Kier molecular flexibility index (Phi) is 5.91. The van der Waals surface area contributed by atoms with Crippen LogP contribution >= 0.6 is 0 Å². The Morgan fingerprint density at radius 1 is 1.23 bits per heavy atom. The van der Waals surface area contributed by atoms with Crippen LogP contribution in [0.2, 0.25) is 0 Å². The van der Waals surface area contributed by atoms with Crippen LogP contribution in [0.25, 0.3) is 11.3 Å². The number of nitrogens with one attached hydrogen (secondary N) is 2. The van der Waals surface area contributed by atoms with E-state index in [9.17, 15) is 9.59 Å². The largest absolute Gasteiger partial charge is 0.464 e. The Bertz CT molecular complexity index is 728. The molecule has 0 unspecified atom stereocenters. The first-order chi connectivity index (χ1) is 12.6. The number of benzene rings is 1. The second-order valence-corrected chi connectivity index (χ2v) is 6.48. The molecule has 1 aromatic carbocycles. The first-order valence-corrected chi connectivity index (χ1v) is 8.82. The van der Waals surface area contributed by atoms with Crippen molar-refractivity contribution < 1.29 is 14.0 Å². The second kappa shape index (κ2) is 8.53. The molecule has 3 amide bonds. The average Bonchev–Trinajstić information content (AvgIpc) is 3.17. The number of hydrogen-bond acceptors (Lipinski definition) is 4. The van der Waals surface area contributed by atoms with Crippen molar-refractivity contribution in [3.05, 3.63) is 42.7 Å². The predicted molar refractivity (Wildman–Crippen MR) is 99.5 cm³/mol. The Hall–Kier alpha value is -2.80. The molecule has 4 N–H and O–H groups in total. The molecule has 0 spiro atoms. The first-order valence-electron chi connectivity index (χ1n) is 8.82. The molecule has 0 saturated carbocycles. The number of nitrogens with two attached hydrogens (primary N) is 1. The lowest BCUT2D eigenvalue weighted by Gasteiger charge is -2.31. The van der Waals surface area contributed by atoms with Crippen LogP contribution in [0.4, 0.5) is 10.5 Å². The van der Waals surface area contributed by atoms with Crippen LogP contribution in [0, 0.1) is 5.92 Å². The quantitative estimate of drug-likeness (QED) is 0.739. The SMILES string of the molecule is NC(=O)[C@H]1CCCN(CCNC(=O)Nc2ccc(-c3ccco3)cc2)C1. The van der Waals surface area contributed by atoms with E-state index in [4.69, 9.17) is 10.2 Å². The van der Waals surface area contributed by atoms with Gasteiger partial charge >= 0.3 is 6.03 Å². The fourth-order valence-corrected chi connectivity index (χ4v) is 3.15. The van der Waals surface area contributed by atoms with Crippen LogP contribution in [0.3, 0.4) is 0 Å². The number of urea groups is 1. The molecular weight excluding hydrogens is 332 g/mol. The van der Waals surface area contributed by atoms with Gasteiger partial charge in [-0.1, -0.05) is 0 Å². The maximum Gasteiger partial charge on any atom is 0.319 e. The molecule has 7 nitrogen and oxygen atoms in total. The zero-order valence-corrected chi connectivity index (χ0v) is 14.6. The molecular formula is C19H24N4O3. The van der Waals surface area contributed by atoms with Crippen molar-refractivity contribution in [2.45, 2.75) is 12.8 Å². The molecule has 1 atom stereocenters. The van der Waals surface area contributed by atoms with Gasteiger partial charge in [-0.3, -0.25) is 4.79 Å². The van der Waals surface area contributed by atoms with Crippen molar-refractivity contribution in [3.8, 4) is 11.3 Å². The number of amides is 3. The molecule has 2 heterocycles. The number of anilines is 1. The van der Waals surface area contributed by atoms with Gasteiger partial charge in [-0.25, -0.2) is 4.79 Å². The van der Waals surface area contributed by atoms with Gasteiger partial charge in [-0.15, -0.1) is 0 Å². The highest BCUT2D eigenvalue weighted by Gasteiger charge is 2.23. The van der Waals surface area contributed by atoms with E-state index in [0.29, 0.717) is 25.3 Å². The summed E-state index contributed by atoms with van der Waals surface area (Å²) < 4.78 is 5.34. The molecule has 26 heavy (non-hydrogen) atoms. The number of piperidine rings is 1. The third-order valence-corrected chi connectivity index (χ3v) is 4.57. The minimum Gasteiger partial charge on any atom is -0.464 e. The van der Waals surface area contributed by atoms with E-state index in [0.717, 1.165) is 30.7 Å². The summed E-state index contributed by atoms with van der Waals surface area (Å²) in [5.74, 6) is 0.473. The first kappa shape index (κ1) is 18.0. The van der Waals surface area contributed by atoms with E-state index in [-0.39, 0.29) is 17.9 Å². The lowest BCUT2D eigenvalue weighted by Crippen LogP contribution is -2.44. The van der Waals surface area contributed by atoms with Crippen LogP contribution in [-0.4, -0.2) is 43.0 Å². The summed E-state index contributed by atoms with van der Waals surface area (Å²) in [4.78, 5) is 25.5. The summed E-state index contributed by atoms with van der Waals surface area (Å²) in [5.41, 5.74) is 7.05. The summed E-state index contributed by atoms with van der Waals surface area (Å²) in [6.45, 7) is 2.82. The zero-order chi connectivity index (χ0) is 18.4. The summed E-state index contributed by atoms with van der Waals surface area (Å²) in [7, 11) is 0. The van der Waals surface area contributed by atoms with Gasteiger partial charge in [0.2, 0.25) is 5.91 Å². The van der Waals surface area contributed by atoms with E-state index in [1.54, 1.807) is 6.26 Å². The van der Waals surface area contributed by atoms with Gasteiger partial charge in [0.1, 0.15) is 5.76 Å². The molecule has 0 aliphatic carbocycles. The number of likely N-dealkylation sites (tertiary alicyclic amines) is 1. The number of nitrogens with zero attached hydrogens (tertiary/aromatic N) is 1. The summed E-state index contributed by atoms with van der Waals surface area (Å²) in [5, 5.41) is 5.64. The summed E-state index contributed by atoms with van der Waals surface area (Å²) in [6, 6.07) is 10.9. The van der Waals surface area contributed by atoms with Crippen LogP contribution in [0.15, 0.2) is 47.1 Å². The number of furan rings is 1. The van der Waals surface area contributed by atoms with Gasteiger partial charge in [0.15, 0.2) is 0 Å².